The van der Waals surface area contributed by atoms with Gasteiger partial charge in [0.25, 0.3) is 0 Å². The molecule has 0 saturated carbocycles. The molecule has 2 bridgehead atoms. The lowest BCUT2D eigenvalue weighted by molar-refractivity contribution is -0.931. The highest BCUT2D eigenvalue weighted by Gasteiger charge is 2.50. The number of hydrogen-bond acceptors (Lipinski definition) is 3. The van der Waals surface area contributed by atoms with Crippen LogP contribution < -0.4 is 0 Å². The van der Waals surface area contributed by atoms with Gasteiger partial charge < -0.3 is 14.3 Å². The number of carbonyl (C=O) groups excluding carboxylic acids is 1. The van der Waals surface area contributed by atoms with Crippen molar-refractivity contribution in [1.29, 1.82) is 0 Å². The number of hydrogen-bond donors (Lipinski definition) is 1. The maximum atomic E-state index is 12.5. The molecule has 22 heavy (non-hydrogen) atoms. The van der Waals surface area contributed by atoms with Crippen LogP contribution in [-0.4, -0.2) is 54.4 Å². The highest BCUT2D eigenvalue weighted by Crippen LogP contribution is 2.40. The van der Waals surface area contributed by atoms with Gasteiger partial charge in [0.05, 0.1) is 32.8 Å². The van der Waals surface area contributed by atoms with Gasteiger partial charge >= 0.3 is 5.97 Å². The van der Waals surface area contributed by atoms with E-state index >= 15 is 0 Å². The molecular weight excluding hydrogens is 278 g/mol. The molecular formula is C18H26NO3+. The van der Waals surface area contributed by atoms with E-state index in [1.807, 2.05) is 30.3 Å². The normalized spacial score (nSPS) is 30.8. The number of piperidine rings is 1. The first-order chi connectivity index (χ1) is 10.5. The zero-order chi connectivity index (χ0) is 15.7. The van der Waals surface area contributed by atoms with Crippen LogP contribution in [0.15, 0.2) is 30.3 Å². The highest BCUT2D eigenvalue weighted by molar-refractivity contribution is 5.78. The predicted octanol–water partition coefficient (Wildman–Crippen LogP) is 2.08. The number of carbonyl (C=O) groups is 1. The molecule has 0 radical (unpaired) electrons. The summed E-state index contributed by atoms with van der Waals surface area (Å²) >= 11 is 0. The lowest BCUT2D eigenvalue weighted by Crippen LogP contribution is -2.56. The first-order valence-corrected chi connectivity index (χ1v) is 8.22. The maximum Gasteiger partial charge on any atom is 0.316 e. The summed E-state index contributed by atoms with van der Waals surface area (Å²) in [6.45, 7) is -0.204. The molecule has 3 rings (SSSR count). The minimum atomic E-state index is -0.566. The fraction of sp³-hybridized carbons (Fsp3) is 0.611. The van der Waals surface area contributed by atoms with Crippen molar-refractivity contribution in [2.75, 3.05) is 20.7 Å². The van der Waals surface area contributed by atoms with Crippen molar-refractivity contribution in [2.24, 2.45) is 0 Å². The average Bonchev–Trinajstić information content (AvgIpc) is 2.68. The molecule has 1 aromatic carbocycles. The Labute approximate surface area is 132 Å². The van der Waals surface area contributed by atoms with Gasteiger partial charge in [-0.3, -0.25) is 4.79 Å². The van der Waals surface area contributed by atoms with Crippen LogP contribution in [0, 0.1) is 0 Å². The molecule has 120 valence electrons. The summed E-state index contributed by atoms with van der Waals surface area (Å²) in [7, 11) is 4.59. The Morgan fingerprint density at radius 1 is 1.23 bits per heavy atom. The van der Waals surface area contributed by atoms with Gasteiger partial charge in [-0.25, -0.2) is 0 Å². The SMILES string of the molecule is C[N+]1(C)C2CC[C@H]1CC(OC(=O)[C@H](CO)c1ccccc1)C2. The molecule has 1 N–H and O–H groups in total. The summed E-state index contributed by atoms with van der Waals surface area (Å²) in [5.41, 5.74) is 0.824. The van der Waals surface area contributed by atoms with Gasteiger partial charge in [-0.15, -0.1) is 0 Å². The summed E-state index contributed by atoms with van der Waals surface area (Å²) in [6.07, 6.45) is 4.36. The molecule has 0 aliphatic carbocycles. The third-order valence-corrected chi connectivity index (χ3v) is 5.74. The van der Waals surface area contributed by atoms with Crippen molar-refractivity contribution in [3.8, 4) is 0 Å². The van der Waals surface area contributed by atoms with E-state index in [1.54, 1.807) is 0 Å². The number of benzene rings is 1. The molecule has 4 heteroatoms. The van der Waals surface area contributed by atoms with E-state index in [9.17, 15) is 9.90 Å². The lowest BCUT2D eigenvalue weighted by atomic mass is 9.96. The number of esters is 1. The number of aliphatic hydroxyl groups is 1. The Balaban J connectivity index is 1.65. The minimum absolute atomic E-state index is 0.00825. The van der Waals surface area contributed by atoms with Crippen LogP contribution in [0.1, 0.15) is 37.2 Å². The van der Waals surface area contributed by atoms with Crippen molar-refractivity contribution >= 4 is 5.97 Å². The molecule has 1 aromatic rings. The van der Waals surface area contributed by atoms with Gasteiger partial charge in [-0.05, 0) is 5.56 Å². The summed E-state index contributed by atoms with van der Waals surface area (Å²) in [5.74, 6) is -0.853. The maximum absolute atomic E-state index is 12.5. The second-order valence-electron chi connectivity index (χ2n) is 7.19. The Hall–Kier alpha value is -1.39. The van der Waals surface area contributed by atoms with E-state index in [-0.39, 0.29) is 18.7 Å². The van der Waals surface area contributed by atoms with Crippen LogP contribution in [0.4, 0.5) is 0 Å². The van der Waals surface area contributed by atoms with Crippen molar-refractivity contribution in [2.45, 2.75) is 49.8 Å². The van der Waals surface area contributed by atoms with Gasteiger partial charge in [0.15, 0.2) is 0 Å². The Bertz CT molecular complexity index is 512. The molecule has 4 atom stereocenters. The first-order valence-electron chi connectivity index (χ1n) is 8.22. The average molecular weight is 304 g/mol. The quantitative estimate of drug-likeness (QED) is 0.684. The summed E-state index contributed by atoms with van der Waals surface area (Å²) < 4.78 is 6.83. The number of ether oxygens (including phenoxy) is 1. The molecule has 2 aliphatic rings. The van der Waals surface area contributed by atoms with E-state index in [2.05, 4.69) is 14.1 Å². The van der Waals surface area contributed by atoms with E-state index < -0.39 is 5.92 Å². The summed E-state index contributed by atoms with van der Waals surface area (Å²) in [6, 6.07) is 10.6. The number of nitrogens with zero attached hydrogens (tertiary/aromatic N) is 1. The summed E-state index contributed by atoms with van der Waals surface area (Å²) in [4.78, 5) is 12.5. The third kappa shape index (κ3) is 2.77. The van der Waals surface area contributed by atoms with Crippen molar-refractivity contribution < 1.29 is 19.1 Å². The Kier molecular flexibility index (Phi) is 4.24. The lowest BCUT2D eigenvalue weighted by Gasteiger charge is -2.44. The van der Waals surface area contributed by atoms with Crippen LogP contribution >= 0.6 is 0 Å². The number of quaternary nitrogens is 1. The van der Waals surface area contributed by atoms with Crippen LogP contribution in [-0.2, 0) is 9.53 Å². The second kappa shape index (κ2) is 6.01. The first kappa shape index (κ1) is 15.5. The number of aliphatic hydroxyl groups excluding tert-OH is 1. The number of fused-ring (bicyclic) bond motifs is 2. The predicted molar refractivity (Wildman–Crippen MR) is 84.3 cm³/mol. The third-order valence-electron chi connectivity index (χ3n) is 5.74. The zero-order valence-electron chi connectivity index (χ0n) is 13.4. The molecule has 2 unspecified atom stereocenters. The topological polar surface area (TPSA) is 46.5 Å². The summed E-state index contributed by atoms with van der Waals surface area (Å²) in [5, 5.41) is 9.57. The number of rotatable bonds is 4. The molecule has 0 amide bonds. The van der Waals surface area contributed by atoms with Gasteiger partial charge in [-0.2, -0.15) is 0 Å². The van der Waals surface area contributed by atoms with Crippen molar-refractivity contribution in [3.05, 3.63) is 35.9 Å². The molecule has 2 fully saturated rings. The Morgan fingerprint density at radius 2 is 1.82 bits per heavy atom. The van der Waals surface area contributed by atoms with Crippen molar-refractivity contribution in [3.63, 3.8) is 0 Å². The molecule has 0 aromatic heterocycles. The van der Waals surface area contributed by atoms with E-state index in [1.165, 1.54) is 12.8 Å². The van der Waals surface area contributed by atoms with Crippen molar-refractivity contribution in [1.82, 2.24) is 0 Å². The molecule has 0 spiro atoms. The monoisotopic (exact) mass is 304 g/mol. The molecule has 2 heterocycles. The minimum Gasteiger partial charge on any atom is -0.461 e. The Morgan fingerprint density at radius 3 is 2.36 bits per heavy atom. The van der Waals surface area contributed by atoms with Crippen LogP contribution in [0.5, 0.6) is 0 Å². The highest BCUT2D eigenvalue weighted by atomic mass is 16.5. The van der Waals surface area contributed by atoms with Gasteiger partial charge in [0, 0.05) is 25.7 Å². The fourth-order valence-corrected chi connectivity index (χ4v) is 4.17. The smallest absolute Gasteiger partial charge is 0.316 e. The van der Waals surface area contributed by atoms with E-state index in [4.69, 9.17) is 4.74 Å². The van der Waals surface area contributed by atoms with E-state index in [0.717, 1.165) is 22.9 Å². The molecule has 2 saturated heterocycles. The zero-order valence-corrected chi connectivity index (χ0v) is 13.4. The largest absolute Gasteiger partial charge is 0.461 e. The van der Waals surface area contributed by atoms with Gasteiger partial charge in [0.1, 0.15) is 12.0 Å². The fourth-order valence-electron chi connectivity index (χ4n) is 4.17. The van der Waals surface area contributed by atoms with Gasteiger partial charge in [0.2, 0.25) is 0 Å². The molecule has 4 nitrogen and oxygen atoms in total. The van der Waals surface area contributed by atoms with Crippen LogP contribution in [0.25, 0.3) is 0 Å². The standard InChI is InChI=1S/C18H26NO3/c1-19(2)14-8-9-15(19)11-16(10-14)22-18(21)17(12-20)13-6-4-3-5-7-13/h3-7,14-17,20H,8-12H2,1-2H3/q+1/t14-,15?,16?,17+/m0/s1. The van der Waals surface area contributed by atoms with Crippen LogP contribution in [0.2, 0.25) is 0 Å². The van der Waals surface area contributed by atoms with Gasteiger partial charge in [-0.1, -0.05) is 30.3 Å². The second-order valence-corrected chi connectivity index (χ2v) is 7.19. The van der Waals surface area contributed by atoms with Crippen LogP contribution in [0.3, 0.4) is 0 Å². The molecule has 2 aliphatic heterocycles. The van der Waals surface area contributed by atoms with E-state index in [0.29, 0.717) is 12.1 Å².